The Morgan fingerprint density at radius 2 is 2.00 bits per heavy atom. The number of carboxylic acid groups (broad SMARTS) is 1. The molecule has 0 unspecified atom stereocenters. The molecule has 0 fully saturated rings. The summed E-state index contributed by atoms with van der Waals surface area (Å²) in [4.78, 5) is 10.5. The van der Waals surface area contributed by atoms with Crippen molar-refractivity contribution >= 4 is 5.97 Å². The van der Waals surface area contributed by atoms with Crippen LogP contribution in [0.1, 0.15) is 17.7 Å². The number of ether oxygens (including phenoxy) is 1. The third-order valence-corrected chi connectivity index (χ3v) is 2.84. The standard InChI is InChI=1S/C14H16N2O3/c1-10-3-5-12(6-4-10)19-13-9-15-16(11(13)2)8-7-14(17)18/h3-6,9H,7-8H2,1-2H3,(H,17,18). The molecule has 0 saturated carbocycles. The summed E-state index contributed by atoms with van der Waals surface area (Å²) in [7, 11) is 0. The van der Waals surface area contributed by atoms with Crippen molar-refractivity contribution in [2.24, 2.45) is 0 Å². The van der Waals surface area contributed by atoms with Crippen LogP contribution in [0.5, 0.6) is 11.5 Å². The summed E-state index contributed by atoms with van der Waals surface area (Å²) in [6.45, 7) is 4.22. The van der Waals surface area contributed by atoms with Crippen LogP contribution < -0.4 is 4.74 Å². The van der Waals surface area contributed by atoms with Crippen molar-refractivity contribution < 1.29 is 14.6 Å². The van der Waals surface area contributed by atoms with Gasteiger partial charge in [0.05, 0.1) is 24.9 Å². The van der Waals surface area contributed by atoms with E-state index in [-0.39, 0.29) is 6.42 Å². The molecule has 5 heteroatoms. The van der Waals surface area contributed by atoms with Crippen molar-refractivity contribution in [2.45, 2.75) is 26.8 Å². The molecule has 100 valence electrons. The van der Waals surface area contributed by atoms with Crippen molar-refractivity contribution in [1.82, 2.24) is 9.78 Å². The van der Waals surface area contributed by atoms with E-state index in [0.717, 1.165) is 11.4 Å². The van der Waals surface area contributed by atoms with E-state index in [0.29, 0.717) is 12.3 Å². The van der Waals surface area contributed by atoms with E-state index >= 15 is 0 Å². The van der Waals surface area contributed by atoms with Gasteiger partial charge in [-0.15, -0.1) is 0 Å². The first-order valence-electron chi connectivity index (χ1n) is 6.05. The number of hydrogen-bond acceptors (Lipinski definition) is 3. The van der Waals surface area contributed by atoms with Crippen molar-refractivity contribution in [3.8, 4) is 11.5 Å². The molecule has 0 radical (unpaired) electrons. The van der Waals surface area contributed by atoms with Gasteiger partial charge in [0.25, 0.3) is 0 Å². The predicted molar refractivity (Wildman–Crippen MR) is 70.5 cm³/mol. The summed E-state index contributed by atoms with van der Waals surface area (Å²) in [6.07, 6.45) is 1.66. The first-order chi connectivity index (χ1) is 9.06. The number of aliphatic carboxylic acids is 1. The fraction of sp³-hybridized carbons (Fsp3) is 0.286. The molecule has 0 spiro atoms. The Balaban J connectivity index is 2.09. The molecule has 0 aliphatic heterocycles. The van der Waals surface area contributed by atoms with Gasteiger partial charge in [-0.3, -0.25) is 9.48 Å². The van der Waals surface area contributed by atoms with E-state index in [2.05, 4.69) is 5.10 Å². The maximum atomic E-state index is 10.5. The minimum absolute atomic E-state index is 0.0481. The Morgan fingerprint density at radius 1 is 1.32 bits per heavy atom. The third kappa shape index (κ3) is 3.34. The quantitative estimate of drug-likeness (QED) is 0.897. The maximum absolute atomic E-state index is 10.5. The lowest BCUT2D eigenvalue weighted by atomic mass is 10.2. The zero-order valence-electron chi connectivity index (χ0n) is 11.0. The summed E-state index contributed by atoms with van der Waals surface area (Å²) < 4.78 is 7.36. The number of carbonyl (C=O) groups is 1. The Kier molecular flexibility index (Phi) is 3.85. The fourth-order valence-corrected chi connectivity index (χ4v) is 1.69. The Bertz CT molecular complexity index is 573. The fourth-order valence-electron chi connectivity index (χ4n) is 1.69. The van der Waals surface area contributed by atoms with E-state index in [1.165, 1.54) is 5.56 Å². The summed E-state index contributed by atoms with van der Waals surface area (Å²) in [5, 5.41) is 12.8. The first-order valence-corrected chi connectivity index (χ1v) is 6.05. The van der Waals surface area contributed by atoms with Crippen molar-refractivity contribution in [1.29, 1.82) is 0 Å². The smallest absolute Gasteiger partial charge is 0.305 e. The monoisotopic (exact) mass is 260 g/mol. The lowest BCUT2D eigenvalue weighted by Gasteiger charge is -2.06. The number of rotatable bonds is 5. The summed E-state index contributed by atoms with van der Waals surface area (Å²) in [6, 6.07) is 7.73. The zero-order valence-corrected chi connectivity index (χ0v) is 11.0. The molecule has 0 atom stereocenters. The molecule has 2 rings (SSSR count). The number of nitrogens with zero attached hydrogens (tertiary/aromatic N) is 2. The molecule has 1 heterocycles. The maximum Gasteiger partial charge on any atom is 0.305 e. The third-order valence-electron chi connectivity index (χ3n) is 2.84. The lowest BCUT2D eigenvalue weighted by molar-refractivity contribution is -0.137. The summed E-state index contributed by atoms with van der Waals surface area (Å²) in [5.74, 6) is 0.552. The van der Waals surface area contributed by atoms with Crippen LogP contribution in [-0.4, -0.2) is 20.9 Å². The van der Waals surface area contributed by atoms with Crippen LogP contribution >= 0.6 is 0 Å². The Labute approximate surface area is 111 Å². The topological polar surface area (TPSA) is 64.4 Å². The van der Waals surface area contributed by atoms with Crippen LogP contribution in [0.3, 0.4) is 0 Å². The summed E-state index contributed by atoms with van der Waals surface area (Å²) in [5.41, 5.74) is 1.99. The van der Waals surface area contributed by atoms with Crippen LogP contribution in [-0.2, 0) is 11.3 Å². The van der Waals surface area contributed by atoms with Crippen molar-refractivity contribution in [3.63, 3.8) is 0 Å². The van der Waals surface area contributed by atoms with E-state index in [9.17, 15) is 4.79 Å². The molecule has 1 aromatic heterocycles. The highest BCUT2D eigenvalue weighted by Gasteiger charge is 2.09. The van der Waals surface area contributed by atoms with Crippen molar-refractivity contribution in [3.05, 3.63) is 41.7 Å². The number of benzene rings is 1. The molecular weight excluding hydrogens is 244 g/mol. The molecule has 0 aliphatic rings. The van der Waals surface area contributed by atoms with E-state index < -0.39 is 5.97 Å². The van der Waals surface area contributed by atoms with Gasteiger partial charge < -0.3 is 9.84 Å². The largest absolute Gasteiger partial charge is 0.481 e. The van der Waals surface area contributed by atoms with Crippen LogP contribution in [0.2, 0.25) is 0 Å². The van der Waals surface area contributed by atoms with Gasteiger partial charge in [-0.05, 0) is 26.0 Å². The van der Waals surface area contributed by atoms with Gasteiger partial charge in [0, 0.05) is 0 Å². The lowest BCUT2D eigenvalue weighted by Crippen LogP contribution is -2.07. The van der Waals surface area contributed by atoms with Gasteiger partial charge in [-0.25, -0.2) is 0 Å². The predicted octanol–water partition coefficient (Wildman–Crippen LogP) is 2.77. The molecule has 0 saturated heterocycles. The number of carboxylic acids is 1. The molecular formula is C14H16N2O3. The van der Waals surface area contributed by atoms with E-state index in [4.69, 9.17) is 9.84 Å². The second-order valence-corrected chi connectivity index (χ2v) is 4.38. The van der Waals surface area contributed by atoms with Crippen molar-refractivity contribution in [2.75, 3.05) is 0 Å². The van der Waals surface area contributed by atoms with Gasteiger partial charge in [0.2, 0.25) is 0 Å². The normalized spacial score (nSPS) is 10.4. The molecule has 0 aliphatic carbocycles. The van der Waals surface area contributed by atoms with Gasteiger partial charge in [0.15, 0.2) is 5.75 Å². The zero-order chi connectivity index (χ0) is 13.8. The van der Waals surface area contributed by atoms with Crippen LogP contribution in [0.25, 0.3) is 0 Å². The average molecular weight is 260 g/mol. The minimum Gasteiger partial charge on any atom is -0.481 e. The van der Waals surface area contributed by atoms with Crippen LogP contribution in [0.15, 0.2) is 30.5 Å². The SMILES string of the molecule is Cc1ccc(Oc2cnn(CCC(=O)O)c2C)cc1. The first kappa shape index (κ1) is 13.1. The Hall–Kier alpha value is -2.30. The second-order valence-electron chi connectivity index (χ2n) is 4.38. The van der Waals surface area contributed by atoms with E-state index in [1.54, 1.807) is 10.9 Å². The molecule has 1 N–H and O–H groups in total. The van der Waals surface area contributed by atoms with E-state index in [1.807, 2.05) is 38.1 Å². The number of hydrogen-bond donors (Lipinski definition) is 1. The minimum atomic E-state index is -0.837. The van der Waals surface area contributed by atoms with Gasteiger partial charge in [0.1, 0.15) is 5.75 Å². The summed E-state index contributed by atoms with van der Waals surface area (Å²) >= 11 is 0. The Morgan fingerprint density at radius 3 is 2.63 bits per heavy atom. The highest BCUT2D eigenvalue weighted by Crippen LogP contribution is 2.24. The van der Waals surface area contributed by atoms with Gasteiger partial charge in [-0.2, -0.15) is 5.10 Å². The molecule has 2 aromatic rings. The van der Waals surface area contributed by atoms with Crippen LogP contribution in [0, 0.1) is 13.8 Å². The molecule has 0 amide bonds. The number of aryl methyl sites for hydroxylation is 2. The molecule has 19 heavy (non-hydrogen) atoms. The van der Waals surface area contributed by atoms with Crippen LogP contribution in [0.4, 0.5) is 0 Å². The van der Waals surface area contributed by atoms with Gasteiger partial charge in [-0.1, -0.05) is 17.7 Å². The number of aromatic nitrogens is 2. The molecule has 0 bridgehead atoms. The van der Waals surface area contributed by atoms with Gasteiger partial charge >= 0.3 is 5.97 Å². The molecule has 1 aromatic carbocycles. The highest BCUT2D eigenvalue weighted by molar-refractivity contribution is 5.66. The molecule has 5 nitrogen and oxygen atoms in total. The average Bonchev–Trinajstić information content (AvgIpc) is 2.71. The second kappa shape index (κ2) is 5.56. The highest BCUT2D eigenvalue weighted by atomic mass is 16.5.